The van der Waals surface area contributed by atoms with Crippen molar-refractivity contribution in [3.8, 4) is 11.8 Å². The lowest BCUT2D eigenvalue weighted by molar-refractivity contribution is -0.139. The summed E-state index contributed by atoms with van der Waals surface area (Å²) in [5.41, 5.74) is -0.703. The number of ether oxygens (including phenoxy) is 3. The van der Waals surface area contributed by atoms with E-state index in [0.29, 0.717) is 26.0 Å². The van der Waals surface area contributed by atoms with E-state index in [9.17, 15) is 19.5 Å². The van der Waals surface area contributed by atoms with Crippen LogP contribution in [0, 0.1) is 11.8 Å². The monoisotopic (exact) mass is 440 g/mol. The first-order valence-electron chi connectivity index (χ1n) is 10.9. The first-order chi connectivity index (χ1) is 14.7. The van der Waals surface area contributed by atoms with Crippen LogP contribution in [0.5, 0.6) is 0 Å². The maximum atomic E-state index is 11.7. The predicted octanol–water partition coefficient (Wildman–Crippen LogP) is 3.21. The second kappa shape index (κ2) is 14.5. The minimum Gasteiger partial charge on any atom is -0.480 e. The number of unbranched alkanes of at least 4 members (excludes halogenated alkanes) is 1. The van der Waals surface area contributed by atoms with Crippen LogP contribution in [0.4, 0.5) is 9.59 Å². The first kappa shape index (κ1) is 26.6. The molecule has 0 aromatic carbocycles. The van der Waals surface area contributed by atoms with Gasteiger partial charge in [0.15, 0.2) is 0 Å². The Labute approximate surface area is 184 Å². The van der Waals surface area contributed by atoms with Crippen LogP contribution in [-0.4, -0.2) is 60.8 Å². The number of nitrogens with one attached hydrogen (secondary N) is 2. The average molecular weight is 441 g/mol. The quantitative estimate of drug-likeness (QED) is 0.333. The molecule has 0 saturated heterocycles. The van der Waals surface area contributed by atoms with Crippen LogP contribution in [0.3, 0.4) is 0 Å². The molecule has 2 atom stereocenters. The number of hydrogen-bond acceptors (Lipinski definition) is 6. The molecule has 2 amide bonds. The van der Waals surface area contributed by atoms with Gasteiger partial charge in [0.2, 0.25) is 0 Å². The fourth-order valence-electron chi connectivity index (χ4n) is 2.85. The molecule has 0 radical (unpaired) electrons. The van der Waals surface area contributed by atoms with E-state index < -0.39 is 29.8 Å². The van der Waals surface area contributed by atoms with E-state index >= 15 is 0 Å². The number of alkyl carbamates (subject to hydrolysis) is 2. The number of carbonyl (C=O) groups excluding carboxylic acids is 2. The molecule has 0 heterocycles. The van der Waals surface area contributed by atoms with E-state index in [2.05, 4.69) is 22.5 Å². The third-order valence-electron chi connectivity index (χ3n) is 4.34. The van der Waals surface area contributed by atoms with Crippen LogP contribution in [0.15, 0.2) is 0 Å². The molecule has 1 aliphatic rings. The highest BCUT2D eigenvalue weighted by molar-refractivity contribution is 5.79. The summed E-state index contributed by atoms with van der Waals surface area (Å²) in [4.78, 5) is 34.7. The van der Waals surface area contributed by atoms with Gasteiger partial charge in [-0.1, -0.05) is 12.3 Å². The Kier molecular flexibility index (Phi) is 12.4. The van der Waals surface area contributed by atoms with Crippen molar-refractivity contribution in [3.63, 3.8) is 0 Å². The summed E-state index contributed by atoms with van der Waals surface area (Å²) in [6.07, 6.45) is 5.06. The average Bonchev–Trinajstić information content (AvgIpc) is 2.63. The molecule has 31 heavy (non-hydrogen) atoms. The Bertz CT molecular complexity index is 634. The van der Waals surface area contributed by atoms with Gasteiger partial charge in [-0.3, -0.25) is 0 Å². The van der Waals surface area contributed by atoms with Crippen molar-refractivity contribution in [3.05, 3.63) is 0 Å². The number of carboxylic acid groups (broad SMARTS) is 1. The molecular weight excluding hydrogens is 404 g/mol. The molecule has 9 nitrogen and oxygen atoms in total. The topological polar surface area (TPSA) is 123 Å². The molecule has 1 rings (SSSR count). The second-order valence-electron chi connectivity index (χ2n) is 8.38. The zero-order chi connectivity index (χ0) is 23.1. The molecule has 3 N–H and O–H groups in total. The van der Waals surface area contributed by atoms with Gasteiger partial charge < -0.3 is 30.0 Å². The highest BCUT2D eigenvalue weighted by atomic mass is 16.6. The predicted molar refractivity (Wildman–Crippen MR) is 115 cm³/mol. The summed E-state index contributed by atoms with van der Waals surface area (Å²) in [7, 11) is 0. The fourth-order valence-corrected chi connectivity index (χ4v) is 2.85. The molecule has 0 aromatic rings. The molecule has 0 spiro atoms. The van der Waals surface area contributed by atoms with Gasteiger partial charge in [0.25, 0.3) is 0 Å². The van der Waals surface area contributed by atoms with Crippen LogP contribution >= 0.6 is 0 Å². The van der Waals surface area contributed by atoms with Gasteiger partial charge >= 0.3 is 18.2 Å². The molecule has 9 heteroatoms. The maximum absolute atomic E-state index is 11.7. The van der Waals surface area contributed by atoms with E-state index in [1.807, 2.05) is 0 Å². The number of hydrogen-bond donors (Lipinski definition) is 3. The van der Waals surface area contributed by atoms with E-state index in [-0.39, 0.29) is 19.1 Å². The molecule has 176 valence electrons. The lowest BCUT2D eigenvalue weighted by Gasteiger charge is -2.22. The largest absolute Gasteiger partial charge is 0.480 e. The molecule has 0 fully saturated rings. The van der Waals surface area contributed by atoms with Crippen molar-refractivity contribution < 1.29 is 33.7 Å². The third-order valence-corrected chi connectivity index (χ3v) is 4.34. The zero-order valence-corrected chi connectivity index (χ0v) is 18.8. The summed E-state index contributed by atoms with van der Waals surface area (Å²) in [6, 6.07) is -1.05. The van der Waals surface area contributed by atoms with Gasteiger partial charge in [-0.2, -0.15) is 0 Å². The molecule has 1 aliphatic carbocycles. The van der Waals surface area contributed by atoms with Gasteiger partial charge in [0.05, 0.1) is 6.61 Å². The molecule has 0 aliphatic heterocycles. The Morgan fingerprint density at radius 1 is 1.10 bits per heavy atom. The summed E-state index contributed by atoms with van der Waals surface area (Å²) in [5, 5.41) is 14.2. The highest BCUT2D eigenvalue weighted by Crippen LogP contribution is 2.11. The summed E-state index contributed by atoms with van der Waals surface area (Å²) in [5.74, 6) is 5.06. The van der Waals surface area contributed by atoms with Crippen LogP contribution < -0.4 is 10.6 Å². The molecule has 0 aromatic heterocycles. The van der Waals surface area contributed by atoms with Crippen molar-refractivity contribution in [2.75, 3.05) is 19.8 Å². The minimum atomic E-state index is -1.13. The lowest BCUT2D eigenvalue weighted by atomic mass is 10.1. The van der Waals surface area contributed by atoms with Crippen molar-refractivity contribution in [1.29, 1.82) is 0 Å². The first-order valence-corrected chi connectivity index (χ1v) is 10.9. The van der Waals surface area contributed by atoms with Crippen LogP contribution in [0.1, 0.15) is 72.1 Å². The number of carboxylic acids is 1. The van der Waals surface area contributed by atoms with Crippen LogP contribution in [-0.2, 0) is 19.0 Å². The lowest BCUT2D eigenvalue weighted by Crippen LogP contribution is -2.43. The molecular formula is C22H36N2O7. The van der Waals surface area contributed by atoms with Crippen molar-refractivity contribution in [1.82, 2.24) is 10.6 Å². The van der Waals surface area contributed by atoms with E-state index in [1.165, 1.54) is 0 Å². The van der Waals surface area contributed by atoms with Gasteiger partial charge in [-0.25, -0.2) is 14.4 Å². The summed E-state index contributed by atoms with van der Waals surface area (Å²) >= 11 is 0. The van der Waals surface area contributed by atoms with Gasteiger partial charge in [-0.05, 0) is 59.3 Å². The van der Waals surface area contributed by atoms with E-state index in [0.717, 1.165) is 32.1 Å². The number of rotatable bonds is 11. The smallest absolute Gasteiger partial charge is 0.408 e. The minimum absolute atomic E-state index is 0.0940. The zero-order valence-electron chi connectivity index (χ0n) is 18.8. The molecule has 0 saturated carbocycles. The summed E-state index contributed by atoms with van der Waals surface area (Å²) in [6.45, 7) is 5.88. The number of carbonyl (C=O) groups is 3. The van der Waals surface area contributed by atoms with Crippen molar-refractivity contribution in [2.24, 2.45) is 0 Å². The van der Waals surface area contributed by atoms with Crippen molar-refractivity contribution in [2.45, 2.75) is 89.9 Å². The molecule has 1 unspecified atom stereocenters. The van der Waals surface area contributed by atoms with E-state index in [4.69, 9.17) is 14.2 Å². The molecule has 0 bridgehead atoms. The SMILES string of the molecule is CC(C)(C)OC(=O)N[C@@H](CCCCNC(=O)OCCOC1C#CCCCCC1)C(=O)O. The maximum Gasteiger partial charge on any atom is 0.408 e. The van der Waals surface area contributed by atoms with Gasteiger partial charge in [-0.15, -0.1) is 5.92 Å². The van der Waals surface area contributed by atoms with E-state index in [1.54, 1.807) is 20.8 Å². The summed E-state index contributed by atoms with van der Waals surface area (Å²) < 4.78 is 15.8. The highest BCUT2D eigenvalue weighted by Gasteiger charge is 2.23. The number of amides is 2. The van der Waals surface area contributed by atoms with Crippen molar-refractivity contribution >= 4 is 18.2 Å². The second-order valence-corrected chi connectivity index (χ2v) is 8.38. The normalized spacial score (nSPS) is 17.2. The van der Waals surface area contributed by atoms with Crippen LogP contribution in [0.2, 0.25) is 0 Å². The Morgan fingerprint density at radius 2 is 1.87 bits per heavy atom. The Hall–Kier alpha value is -2.47. The fraction of sp³-hybridized carbons (Fsp3) is 0.773. The van der Waals surface area contributed by atoms with Gasteiger partial charge in [0, 0.05) is 13.0 Å². The van der Waals surface area contributed by atoms with Crippen LogP contribution in [0.25, 0.3) is 0 Å². The Balaban J connectivity index is 2.12. The third kappa shape index (κ3) is 14.2. The van der Waals surface area contributed by atoms with Gasteiger partial charge in [0.1, 0.15) is 24.4 Å². The number of aliphatic carboxylic acids is 1. The standard InChI is InChI=1S/C22H36N2O7/c1-22(2,3)31-21(28)24-18(19(25)26)13-9-10-14-23-20(27)30-16-15-29-17-11-7-5-4-6-8-12-17/h17-18H,4-7,9-11,13-16H2,1-3H3,(H,23,27)(H,24,28)(H,25,26)/t17?,18-/m0/s1. The Morgan fingerprint density at radius 3 is 2.58 bits per heavy atom.